The summed E-state index contributed by atoms with van der Waals surface area (Å²) in [4.78, 5) is 6.32. The summed E-state index contributed by atoms with van der Waals surface area (Å²) in [5.41, 5.74) is 3.41. The number of nitrogens with zero attached hydrogens (tertiary/aromatic N) is 4. The van der Waals surface area contributed by atoms with Crippen LogP contribution in [-0.4, -0.2) is 57.1 Å². The van der Waals surface area contributed by atoms with Gasteiger partial charge in [0.1, 0.15) is 12.7 Å². The number of nitrogens with one attached hydrogen (secondary N) is 1. The Morgan fingerprint density at radius 3 is 2.83 bits per heavy atom. The van der Waals surface area contributed by atoms with Gasteiger partial charge in [-0.1, -0.05) is 12.1 Å². The molecule has 124 valence electrons. The van der Waals surface area contributed by atoms with E-state index in [9.17, 15) is 5.11 Å². The third-order valence-electron chi connectivity index (χ3n) is 4.30. The fraction of sp³-hybridized carbons (Fsp3) is 0.529. The van der Waals surface area contributed by atoms with Crippen LogP contribution in [-0.2, 0) is 6.54 Å². The highest BCUT2D eigenvalue weighted by molar-refractivity contribution is 5.41. The van der Waals surface area contributed by atoms with Gasteiger partial charge in [0.05, 0.1) is 11.8 Å². The summed E-state index contributed by atoms with van der Waals surface area (Å²) in [6.07, 6.45) is 5.46. The second kappa shape index (κ2) is 7.68. The Morgan fingerprint density at radius 1 is 1.30 bits per heavy atom. The highest BCUT2D eigenvalue weighted by Gasteiger charge is 2.15. The van der Waals surface area contributed by atoms with Gasteiger partial charge in [-0.3, -0.25) is 0 Å². The number of aromatic nitrogens is 3. The minimum atomic E-state index is -0.302. The van der Waals surface area contributed by atoms with Gasteiger partial charge in [-0.15, -0.1) is 0 Å². The molecule has 0 bridgehead atoms. The molecule has 0 spiro atoms. The average molecular weight is 315 g/mol. The standard InChI is InChI=1S/C17H25N5O/c1-14-8-15(4-5-17(14)22-13-19-12-20-22)9-18-10-16(23)11-21-6-2-3-7-21/h4-5,8,12-13,16,18,23H,2-3,6-7,9-11H2,1H3. The first-order valence-electron chi connectivity index (χ1n) is 8.28. The van der Waals surface area contributed by atoms with Crippen molar-refractivity contribution >= 4 is 0 Å². The zero-order chi connectivity index (χ0) is 16.1. The number of aliphatic hydroxyl groups excluding tert-OH is 1. The molecule has 1 fully saturated rings. The number of β-amino-alcohol motifs (C(OH)–C–C–N with tert-alkyl or cyclic N) is 1. The van der Waals surface area contributed by atoms with E-state index in [-0.39, 0.29) is 6.10 Å². The second-order valence-electron chi connectivity index (χ2n) is 6.25. The molecule has 2 aromatic rings. The van der Waals surface area contributed by atoms with Crippen molar-refractivity contribution in [1.29, 1.82) is 0 Å². The van der Waals surface area contributed by atoms with Crippen LogP contribution in [0.15, 0.2) is 30.9 Å². The smallest absolute Gasteiger partial charge is 0.138 e. The topological polar surface area (TPSA) is 66.2 Å². The first-order chi connectivity index (χ1) is 11.2. The molecule has 1 unspecified atom stereocenters. The molecule has 1 aliphatic rings. The van der Waals surface area contributed by atoms with Crippen LogP contribution in [0, 0.1) is 6.92 Å². The number of rotatable bonds is 7. The van der Waals surface area contributed by atoms with Gasteiger partial charge in [0.2, 0.25) is 0 Å². The van der Waals surface area contributed by atoms with Gasteiger partial charge >= 0.3 is 0 Å². The van der Waals surface area contributed by atoms with Gasteiger partial charge in [-0.25, -0.2) is 9.67 Å². The van der Waals surface area contributed by atoms with Crippen LogP contribution in [0.1, 0.15) is 24.0 Å². The van der Waals surface area contributed by atoms with Crippen LogP contribution in [0.25, 0.3) is 5.69 Å². The Balaban J connectivity index is 1.47. The average Bonchev–Trinajstić information content (AvgIpc) is 3.20. The van der Waals surface area contributed by atoms with Gasteiger partial charge in [0.25, 0.3) is 0 Å². The van der Waals surface area contributed by atoms with E-state index in [2.05, 4.69) is 45.4 Å². The van der Waals surface area contributed by atoms with E-state index in [0.29, 0.717) is 6.54 Å². The lowest BCUT2D eigenvalue weighted by molar-refractivity contribution is 0.123. The molecule has 1 aliphatic heterocycles. The quantitative estimate of drug-likeness (QED) is 0.801. The summed E-state index contributed by atoms with van der Waals surface area (Å²) < 4.78 is 1.77. The number of hydrogen-bond acceptors (Lipinski definition) is 5. The second-order valence-corrected chi connectivity index (χ2v) is 6.25. The molecule has 6 heteroatoms. The molecule has 0 radical (unpaired) electrons. The maximum atomic E-state index is 10.1. The normalized spacial score (nSPS) is 16.8. The lowest BCUT2D eigenvalue weighted by Gasteiger charge is -2.19. The molecule has 23 heavy (non-hydrogen) atoms. The molecule has 3 rings (SSSR count). The van der Waals surface area contributed by atoms with Crippen LogP contribution in [0.3, 0.4) is 0 Å². The van der Waals surface area contributed by atoms with E-state index in [0.717, 1.165) is 37.4 Å². The molecule has 6 nitrogen and oxygen atoms in total. The predicted molar refractivity (Wildman–Crippen MR) is 89.5 cm³/mol. The highest BCUT2D eigenvalue weighted by atomic mass is 16.3. The largest absolute Gasteiger partial charge is 0.390 e. The molecular formula is C17H25N5O. The van der Waals surface area contributed by atoms with Crippen molar-refractivity contribution in [3.8, 4) is 5.69 Å². The molecule has 1 saturated heterocycles. The van der Waals surface area contributed by atoms with E-state index in [4.69, 9.17) is 0 Å². The summed E-state index contributed by atoms with van der Waals surface area (Å²) in [7, 11) is 0. The SMILES string of the molecule is Cc1cc(CNCC(O)CN2CCCC2)ccc1-n1cncn1. The van der Waals surface area contributed by atoms with Crippen LogP contribution >= 0.6 is 0 Å². The minimum absolute atomic E-state index is 0.302. The Bertz CT molecular complexity index is 607. The molecule has 1 aromatic heterocycles. The van der Waals surface area contributed by atoms with Crippen LogP contribution < -0.4 is 5.32 Å². The van der Waals surface area contributed by atoms with Crippen LogP contribution in [0.2, 0.25) is 0 Å². The lowest BCUT2D eigenvalue weighted by atomic mass is 10.1. The third kappa shape index (κ3) is 4.37. The van der Waals surface area contributed by atoms with Crippen molar-refractivity contribution in [3.05, 3.63) is 42.0 Å². The van der Waals surface area contributed by atoms with Crippen molar-refractivity contribution in [2.75, 3.05) is 26.2 Å². The van der Waals surface area contributed by atoms with Crippen molar-refractivity contribution in [2.24, 2.45) is 0 Å². The maximum Gasteiger partial charge on any atom is 0.138 e. The first-order valence-corrected chi connectivity index (χ1v) is 8.28. The number of aryl methyl sites for hydroxylation is 1. The molecule has 0 aliphatic carbocycles. The molecular weight excluding hydrogens is 290 g/mol. The fourth-order valence-electron chi connectivity index (χ4n) is 3.13. The minimum Gasteiger partial charge on any atom is -0.390 e. The Hall–Kier alpha value is -1.76. The van der Waals surface area contributed by atoms with Gasteiger partial charge in [-0.05, 0) is 50.0 Å². The lowest BCUT2D eigenvalue weighted by Crippen LogP contribution is -2.36. The Kier molecular flexibility index (Phi) is 5.38. The molecule has 0 amide bonds. The Labute approximate surface area is 137 Å². The molecule has 0 saturated carbocycles. The number of aliphatic hydroxyl groups is 1. The zero-order valence-corrected chi connectivity index (χ0v) is 13.6. The molecule has 2 heterocycles. The third-order valence-corrected chi connectivity index (χ3v) is 4.30. The van der Waals surface area contributed by atoms with E-state index in [1.807, 2.05) is 0 Å². The van der Waals surface area contributed by atoms with E-state index in [1.54, 1.807) is 11.0 Å². The molecule has 1 atom stereocenters. The predicted octanol–water partition coefficient (Wildman–Crippen LogP) is 1.12. The number of likely N-dealkylation sites (tertiary alicyclic amines) is 1. The van der Waals surface area contributed by atoms with Crippen molar-refractivity contribution < 1.29 is 5.11 Å². The number of hydrogen-bond donors (Lipinski definition) is 2. The van der Waals surface area contributed by atoms with Gasteiger partial charge in [0, 0.05) is 19.6 Å². The summed E-state index contributed by atoms with van der Waals surface area (Å²) in [6, 6.07) is 6.29. The number of benzene rings is 1. The van der Waals surface area contributed by atoms with E-state index in [1.165, 1.54) is 24.7 Å². The summed E-state index contributed by atoms with van der Waals surface area (Å²) >= 11 is 0. The monoisotopic (exact) mass is 315 g/mol. The summed E-state index contributed by atoms with van der Waals surface area (Å²) in [5, 5.41) is 17.6. The molecule has 2 N–H and O–H groups in total. The van der Waals surface area contributed by atoms with Gasteiger partial charge in [-0.2, -0.15) is 5.10 Å². The maximum absolute atomic E-state index is 10.1. The fourth-order valence-corrected chi connectivity index (χ4v) is 3.13. The van der Waals surface area contributed by atoms with Crippen molar-refractivity contribution in [2.45, 2.75) is 32.4 Å². The van der Waals surface area contributed by atoms with E-state index >= 15 is 0 Å². The Morgan fingerprint density at radius 2 is 2.13 bits per heavy atom. The van der Waals surface area contributed by atoms with Crippen LogP contribution in [0.5, 0.6) is 0 Å². The first kappa shape index (κ1) is 16.1. The van der Waals surface area contributed by atoms with Crippen molar-refractivity contribution in [1.82, 2.24) is 25.0 Å². The summed E-state index contributed by atoms with van der Waals surface area (Å²) in [6.45, 7) is 6.48. The van der Waals surface area contributed by atoms with Crippen LogP contribution in [0.4, 0.5) is 0 Å². The highest BCUT2D eigenvalue weighted by Crippen LogP contribution is 2.14. The summed E-state index contributed by atoms with van der Waals surface area (Å²) in [5.74, 6) is 0. The van der Waals surface area contributed by atoms with Gasteiger partial charge < -0.3 is 15.3 Å². The molecule has 1 aromatic carbocycles. The van der Waals surface area contributed by atoms with Gasteiger partial charge in [0.15, 0.2) is 0 Å². The van der Waals surface area contributed by atoms with E-state index < -0.39 is 0 Å². The van der Waals surface area contributed by atoms with Crippen molar-refractivity contribution in [3.63, 3.8) is 0 Å². The zero-order valence-electron chi connectivity index (χ0n) is 13.6.